The van der Waals surface area contributed by atoms with E-state index in [0.29, 0.717) is 24.3 Å². The van der Waals surface area contributed by atoms with Gasteiger partial charge in [0.1, 0.15) is 5.78 Å². The Kier molecular flexibility index (Phi) is 10.4. The highest BCUT2D eigenvalue weighted by Gasteiger charge is 2.37. The zero-order valence-corrected chi connectivity index (χ0v) is 23.5. The molecule has 40 heavy (non-hydrogen) atoms. The molecule has 1 aromatic heterocycles. The largest absolute Gasteiger partial charge is 0.416 e. The van der Waals surface area contributed by atoms with Gasteiger partial charge in [-0.25, -0.2) is 4.98 Å². The number of benzene rings is 2. The second-order valence-corrected chi connectivity index (χ2v) is 10.2. The molecule has 1 heterocycles. The Labute approximate surface area is 237 Å². The Morgan fingerprint density at radius 2 is 1.88 bits per heavy atom. The van der Waals surface area contributed by atoms with E-state index < -0.39 is 23.8 Å². The molecule has 212 valence electrons. The monoisotopic (exact) mass is 570 g/mol. The molecular formula is C29H33F3N6OS. The average molecular weight is 571 g/mol. The lowest BCUT2D eigenvalue weighted by atomic mass is 9.86. The van der Waals surface area contributed by atoms with Crippen molar-refractivity contribution in [1.82, 2.24) is 19.8 Å². The molecule has 0 bridgehead atoms. The number of ketones is 1. The number of aromatic nitrogens is 2. The molecule has 0 aliphatic heterocycles. The molecule has 0 amide bonds. The number of thiocarbonyl (C=S) groups is 1. The first-order chi connectivity index (χ1) is 19.0. The minimum Gasteiger partial charge on any atom is -0.363 e. The highest BCUT2D eigenvalue weighted by Crippen LogP contribution is 2.33. The van der Waals surface area contributed by atoms with Crippen LogP contribution in [0, 0.1) is 23.2 Å². The zero-order chi connectivity index (χ0) is 29.4. The van der Waals surface area contributed by atoms with Crippen LogP contribution in [0.1, 0.15) is 48.7 Å². The Hall–Kier alpha value is -3.75. The number of alkyl halides is 3. The Morgan fingerprint density at radius 3 is 2.48 bits per heavy atom. The van der Waals surface area contributed by atoms with Crippen molar-refractivity contribution in [2.45, 2.75) is 52.6 Å². The number of rotatable bonds is 11. The van der Waals surface area contributed by atoms with Gasteiger partial charge in [0, 0.05) is 37.9 Å². The maximum absolute atomic E-state index is 13.7. The van der Waals surface area contributed by atoms with Crippen molar-refractivity contribution >= 4 is 23.1 Å². The van der Waals surface area contributed by atoms with Crippen molar-refractivity contribution in [3.05, 3.63) is 89.0 Å². The second-order valence-electron chi connectivity index (χ2n) is 9.84. The summed E-state index contributed by atoms with van der Waals surface area (Å²) in [6.45, 7) is 6.22. The molecule has 3 rings (SSSR count). The van der Waals surface area contributed by atoms with Crippen LogP contribution in [-0.2, 0) is 30.5 Å². The molecule has 3 N–H and O–H groups in total. The summed E-state index contributed by atoms with van der Waals surface area (Å²) in [7, 11) is 0. The summed E-state index contributed by atoms with van der Waals surface area (Å²) in [4.78, 5) is 19.4. The fourth-order valence-electron chi connectivity index (χ4n) is 4.65. The summed E-state index contributed by atoms with van der Waals surface area (Å²) in [5.41, 5.74) is 8.08. The van der Waals surface area contributed by atoms with E-state index in [1.165, 1.54) is 23.1 Å². The van der Waals surface area contributed by atoms with E-state index in [2.05, 4.69) is 16.4 Å². The molecule has 0 saturated heterocycles. The minimum absolute atomic E-state index is 0.0150. The number of carbonyl (C=O) groups excluding carboxylic acids is 1. The second kappa shape index (κ2) is 13.5. The molecule has 0 fully saturated rings. The zero-order valence-electron chi connectivity index (χ0n) is 22.7. The lowest BCUT2D eigenvalue weighted by Gasteiger charge is -2.38. The van der Waals surface area contributed by atoms with Gasteiger partial charge in [0.05, 0.1) is 35.6 Å². The number of Topliss-reactive ketones (excluding diaryl/α,β-unsaturated/α-hetero) is 1. The van der Waals surface area contributed by atoms with E-state index in [4.69, 9.17) is 23.2 Å². The average Bonchev–Trinajstić information content (AvgIpc) is 3.33. The number of nitrogens with one attached hydrogen (secondary N) is 1. The van der Waals surface area contributed by atoms with Gasteiger partial charge in [-0.3, -0.25) is 4.79 Å². The van der Waals surface area contributed by atoms with Crippen LogP contribution in [0.25, 0.3) is 0 Å². The van der Waals surface area contributed by atoms with E-state index in [1.54, 1.807) is 24.7 Å². The van der Waals surface area contributed by atoms with E-state index >= 15 is 0 Å². The molecule has 0 spiro atoms. The SMILES string of the molecule is CCNC(=S)N(Cc1ccccc1C(F)(F)F)C(N)[C@@H](C(=O)Cc1cncn1Cc1ccc(C#N)cc1)C(C)C. The summed E-state index contributed by atoms with van der Waals surface area (Å²) in [5.74, 6) is -1.12. The topological polar surface area (TPSA) is 100.0 Å². The smallest absolute Gasteiger partial charge is 0.363 e. The van der Waals surface area contributed by atoms with Gasteiger partial charge in [0.15, 0.2) is 5.11 Å². The number of carbonyl (C=O) groups is 1. The number of nitriles is 1. The Bertz CT molecular complexity index is 1350. The van der Waals surface area contributed by atoms with E-state index in [9.17, 15) is 18.0 Å². The van der Waals surface area contributed by atoms with E-state index in [0.717, 1.165) is 11.6 Å². The molecule has 7 nitrogen and oxygen atoms in total. The predicted octanol–water partition coefficient (Wildman–Crippen LogP) is 4.89. The van der Waals surface area contributed by atoms with Gasteiger partial charge in [0.25, 0.3) is 0 Å². The van der Waals surface area contributed by atoms with Crippen LogP contribution in [0.15, 0.2) is 61.1 Å². The lowest BCUT2D eigenvalue weighted by Crippen LogP contribution is -2.56. The van der Waals surface area contributed by atoms with Gasteiger partial charge in [-0.15, -0.1) is 0 Å². The van der Waals surface area contributed by atoms with Gasteiger partial charge < -0.3 is 20.5 Å². The molecule has 1 unspecified atom stereocenters. The number of hydrogen-bond acceptors (Lipinski definition) is 5. The molecule has 0 aliphatic rings. The standard InChI is InChI=1S/C29H33F3N6OS/c1-4-36-28(40)38(17-22-7-5-6-8-24(22)29(30,31)32)27(34)26(19(2)3)25(39)13-23-15-35-18-37(23)16-21-11-9-20(14-33)10-12-21/h5-12,15,18-19,26-27H,4,13,16-17,34H2,1-3H3,(H,36,40)/t26-,27?/m1/s1. The van der Waals surface area contributed by atoms with Crippen LogP contribution in [0.4, 0.5) is 13.2 Å². The molecule has 2 aromatic carbocycles. The first-order valence-corrected chi connectivity index (χ1v) is 13.3. The number of nitrogens with zero attached hydrogens (tertiary/aromatic N) is 4. The van der Waals surface area contributed by atoms with Crippen molar-refractivity contribution in [3.8, 4) is 6.07 Å². The summed E-state index contributed by atoms with van der Waals surface area (Å²) < 4.78 is 43.0. The van der Waals surface area contributed by atoms with Crippen molar-refractivity contribution in [1.29, 1.82) is 5.26 Å². The fourth-order valence-corrected chi connectivity index (χ4v) is 4.98. The number of halogens is 3. The van der Waals surface area contributed by atoms with Crippen LogP contribution < -0.4 is 11.1 Å². The van der Waals surface area contributed by atoms with Crippen molar-refractivity contribution < 1.29 is 18.0 Å². The van der Waals surface area contributed by atoms with E-state index in [1.807, 2.05) is 37.5 Å². The van der Waals surface area contributed by atoms with Crippen LogP contribution in [0.2, 0.25) is 0 Å². The third kappa shape index (κ3) is 7.67. The highest BCUT2D eigenvalue weighted by atomic mass is 32.1. The minimum atomic E-state index is -4.55. The fraction of sp³-hybridized carbons (Fsp3) is 0.379. The van der Waals surface area contributed by atoms with Crippen LogP contribution in [0.5, 0.6) is 0 Å². The molecule has 11 heteroatoms. The maximum atomic E-state index is 13.7. The van der Waals surface area contributed by atoms with Crippen molar-refractivity contribution in [2.75, 3.05) is 6.54 Å². The van der Waals surface area contributed by atoms with Crippen LogP contribution in [-0.4, -0.2) is 38.1 Å². The first kappa shape index (κ1) is 30.8. The van der Waals surface area contributed by atoms with Crippen molar-refractivity contribution in [2.24, 2.45) is 17.6 Å². The summed E-state index contributed by atoms with van der Waals surface area (Å²) in [6.07, 6.45) is -2.24. The van der Waals surface area contributed by atoms with Gasteiger partial charge in [0.2, 0.25) is 0 Å². The lowest BCUT2D eigenvalue weighted by molar-refractivity contribution is -0.138. The predicted molar refractivity (Wildman–Crippen MR) is 151 cm³/mol. The molecule has 0 saturated carbocycles. The third-order valence-corrected chi connectivity index (χ3v) is 7.04. The highest BCUT2D eigenvalue weighted by molar-refractivity contribution is 7.80. The van der Waals surface area contributed by atoms with Crippen molar-refractivity contribution in [3.63, 3.8) is 0 Å². The van der Waals surface area contributed by atoms with Crippen LogP contribution >= 0.6 is 12.2 Å². The normalized spacial score (nSPS) is 13.0. The number of hydrogen-bond donors (Lipinski definition) is 2. The maximum Gasteiger partial charge on any atom is 0.416 e. The molecule has 0 aliphatic carbocycles. The third-order valence-electron chi connectivity index (χ3n) is 6.66. The summed E-state index contributed by atoms with van der Waals surface area (Å²) in [5, 5.41) is 12.2. The quantitative estimate of drug-likeness (QED) is 0.250. The molecule has 2 atom stereocenters. The van der Waals surface area contributed by atoms with Gasteiger partial charge >= 0.3 is 6.18 Å². The molecule has 0 radical (unpaired) electrons. The Balaban J connectivity index is 1.86. The summed E-state index contributed by atoms with van der Waals surface area (Å²) in [6, 6.07) is 14.5. The number of nitrogens with two attached hydrogens (primary N) is 1. The molecule has 3 aromatic rings. The number of imidazole rings is 1. The first-order valence-electron chi connectivity index (χ1n) is 12.9. The van der Waals surface area contributed by atoms with Gasteiger partial charge in [-0.05, 0) is 54.4 Å². The van der Waals surface area contributed by atoms with E-state index in [-0.39, 0.29) is 35.3 Å². The van der Waals surface area contributed by atoms with Gasteiger partial charge in [-0.2, -0.15) is 18.4 Å². The summed E-state index contributed by atoms with van der Waals surface area (Å²) >= 11 is 5.51. The molecular weight excluding hydrogens is 537 g/mol. The van der Waals surface area contributed by atoms with Gasteiger partial charge in [-0.1, -0.05) is 44.2 Å². The van der Waals surface area contributed by atoms with Crippen LogP contribution in [0.3, 0.4) is 0 Å². The Morgan fingerprint density at radius 1 is 1.20 bits per heavy atom.